The second-order valence-electron chi connectivity index (χ2n) is 8.46. The van der Waals surface area contributed by atoms with Gasteiger partial charge in [-0.25, -0.2) is 0 Å². The van der Waals surface area contributed by atoms with Gasteiger partial charge in [-0.05, 0) is 66.2 Å². The molecule has 3 amide bonds. The molecule has 1 aromatic carbocycles. The van der Waals surface area contributed by atoms with E-state index in [1.807, 2.05) is 33.8 Å². The highest BCUT2D eigenvalue weighted by atomic mass is 16.3. The zero-order valence-corrected chi connectivity index (χ0v) is 20.6. The van der Waals surface area contributed by atoms with E-state index in [0.717, 1.165) is 5.57 Å². The number of hydrogen-bond donors (Lipinski definition) is 4. The van der Waals surface area contributed by atoms with Gasteiger partial charge in [-0.2, -0.15) is 0 Å². The Labute approximate surface area is 197 Å². The normalized spacial score (nSPS) is 14.4. The van der Waals surface area contributed by atoms with Gasteiger partial charge in [-0.3, -0.25) is 14.4 Å². The Kier molecular flexibility index (Phi) is 11.8. The lowest BCUT2D eigenvalue weighted by Crippen LogP contribution is -2.47. The molecule has 0 aliphatic heterocycles. The molecule has 0 aromatic heterocycles. The first-order valence-corrected chi connectivity index (χ1v) is 11.5. The first-order chi connectivity index (χ1) is 15.5. The average Bonchev–Trinajstić information content (AvgIpc) is 2.78. The quantitative estimate of drug-likeness (QED) is 0.356. The van der Waals surface area contributed by atoms with Crippen molar-refractivity contribution in [3.05, 3.63) is 47.0 Å². The van der Waals surface area contributed by atoms with Gasteiger partial charge in [-0.1, -0.05) is 17.7 Å². The number of hydrogen-bond acceptors (Lipinski definition) is 5. The summed E-state index contributed by atoms with van der Waals surface area (Å²) in [5.41, 5.74) is 1.64. The molecule has 0 heterocycles. The maximum Gasteiger partial charge on any atom is 0.253 e. The minimum Gasteiger partial charge on any atom is -0.391 e. The second kappa shape index (κ2) is 13.7. The summed E-state index contributed by atoms with van der Waals surface area (Å²) >= 11 is 0. The zero-order chi connectivity index (χ0) is 25.1. The summed E-state index contributed by atoms with van der Waals surface area (Å²) in [6, 6.07) is 5.58. The summed E-state index contributed by atoms with van der Waals surface area (Å²) in [6.07, 6.45) is -0.557. The predicted octanol–water partition coefficient (Wildman–Crippen LogP) is 2.26. The number of aliphatic hydroxyl groups is 2. The lowest BCUT2D eigenvalue weighted by atomic mass is 9.96. The number of benzene rings is 1. The van der Waals surface area contributed by atoms with Crippen molar-refractivity contribution in [3.63, 3.8) is 0 Å². The van der Waals surface area contributed by atoms with Crippen LogP contribution in [0.15, 0.2) is 35.9 Å². The highest BCUT2D eigenvalue weighted by Crippen LogP contribution is 2.15. The summed E-state index contributed by atoms with van der Waals surface area (Å²) < 4.78 is 0. The Bertz CT molecular complexity index is 833. The van der Waals surface area contributed by atoms with Gasteiger partial charge in [0.25, 0.3) is 11.8 Å². The first-order valence-electron chi connectivity index (χ1n) is 11.5. The van der Waals surface area contributed by atoms with Crippen molar-refractivity contribution < 1.29 is 24.6 Å². The molecule has 0 spiro atoms. The third-order valence-corrected chi connectivity index (χ3v) is 5.44. The number of nitrogens with one attached hydrogen (secondary N) is 2. The number of allylic oxidation sites excluding steroid dienone is 1. The van der Waals surface area contributed by atoms with Gasteiger partial charge in [0.2, 0.25) is 5.91 Å². The molecular weight excluding hydrogens is 422 g/mol. The number of amides is 3. The summed E-state index contributed by atoms with van der Waals surface area (Å²) in [5, 5.41) is 26.3. The average molecular weight is 462 g/mol. The molecule has 0 saturated heterocycles. The molecule has 0 aliphatic carbocycles. The van der Waals surface area contributed by atoms with E-state index in [9.17, 15) is 24.6 Å². The number of aliphatic hydroxyl groups excluding tert-OH is 2. The van der Waals surface area contributed by atoms with Crippen LogP contribution in [0, 0.1) is 0 Å². The van der Waals surface area contributed by atoms with Crippen LogP contribution in [0.25, 0.3) is 0 Å². The largest absolute Gasteiger partial charge is 0.391 e. The fraction of sp³-hybridized carbons (Fsp3) is 0.560. The van der Waals surface area contributed by atoms with Crippen LogP contribution >= 0.6 is 0 Å². The van der Waals surface area contributed by atoms with Gasteiger partial charge in [0.05, 0.1) is 12.1 Å². The first kappa shape index (κ1) is 28.3. The fourth-order valence-electron chi connectivity index (χ4n) is 3.37. The summed E-state index contributed by atoms with van der Waals surface area (Å²) in [7, 11) is 0. The number of carbonyl (C=O) groups excluding carboxylic acids is 3. The Morgan fingerprint density at radius 1 is 1.06 bits per heavy atom. The number of carbonyl (C=O) groups is 3. The van der Waals surface area contributed by atoms with Gasteiger partial charge >= 0.3 is 0 Å². The zero-order valence-electron chi connectivity index (χ0n) is 20.6. The van der Waals surface area contributed by atoms with E-state index < -0.39 is 30.1 Å². The van der Waals surface area contributed by atoms with Crippen LogP contribution in [0.5, 0.6) is 0 Å². The van der Waals surface area contributed by atoms with Crippen molar-refractivity contribution in [3.8, 4) is 0 Å². The van der Waals surface area contributed by atoms with Crippen molar-refractivity contribution in [2.45, 2.75) is 78.7 Å². The van der Waals surface area contributed by atoms with E-state index in [0.29, 0.717) is 30.6 Å². The second-order valence-corrected chi connectivity index (χ2v) is 8.46. The van der Waals surface area contributed by atoms with Crippen LogP contribution in [0.3, 0.4) is 0 Å². The van der Waals surface area contributed by atoms with Crippen molar-refractivity contribution in [2.75, 3.05) is 13.1 Å². The van der Waals surface area contributed by atoms with Crippen LogP contribution in [0.4, 0.5) is 0 Å². The summed E-state index contributed by atoms with van der Waals surface area (Å²) in [6.45, 7) is 12.2. The molecule has 8 heteroatoms. The predicted molar refractivity (Wildman–Crippen MR) is 129 cm³/mol. The van der Waals surface area contributed by atoms with Crippen molar-refractivity contribution in [1.82, 2.24) is 15.5 Å². The molecular formula is C25H39N3O5. The minimum atomic E-state index is -1.40. The minimum absolute atomic E-state index is 0.142. The molecule has 1 unspecified atom stereocenters. The molecule has 3 atom stereocenters. The van der Waals surface area contributed by atoms with Crippen molar-refractivity contribution in [1.29, 1.82) is 0 Å². The summed E-state index contributed by atoms with van der Waals surface area (Å²) in [5.74, 6) is -1.17. The van der Waals surface area contributed by atoms with E-state index in [1.54, 1.807) is 36.9 Å². The van der Waals surface area contributed by atoms with Crippen LogP contribution < -0.4 is 10.6 Å². The molecule has 0 saturated carbocycles. The Hall–Kier alpha value is -2.71. The summed E-state index contributed by atoms with van der Waals surface area (Å²) in [4.78, 5) is 39.3. The highest BCUT2D eigenvalue weighted by molar-refractivity contribution is 5.99. The third kappa shape index (κ3) is 8.98. The van der Waals surface area contributed by atoms with Gasteiger partial charge in [0.1, 0.15) is 6.10 Å². The van der Waals surface area contributed by atoms with E-state index in [2.05, 4.69) is 10.6 Å². The molecule has 4 N–H and O–H groups in total. The lowest BCUT2D eigenvalue weighted by Gasteiger charge is -2.26. The third-order valence-electron chi connectivity index (χ3n) is 5.44. The van der Waals surface area contributed by atoms with Crippen LogP contribution in [-0.2, 0) is 4.79 Å². The van der Waals surface area contributed by atoms with Gasteiger partial charge in [-0.15, -0.1) is 0 Å². The SMILES string of the molecule is C/C=C(\C)CC(NC(=O)c1cccc(C(=O)N(CC)CC)c1)[C@@H](O)C[C@@H](O)C(=O)NC(C)C. The van der Waals surface area contributed by atoms with Gasteiger partial charge in [0, 0.05) is 36.7 Å². The molecule has 0 fully saturated rings. The van der Waals surface area contributed by atoms with Crippen LogP contribution in [-0.4, -0.2) is 70.2 Å². The van der Waals surface area contributed by atoms with E-state index >= 15 is 0 Å². The standard InChI is InChI=1S/C25H39N3O5/c1-7-17(6)13-20(21(29)15-22(30)24(32)26-16(4)5)27-23(31)18-11-10-12-19(14-18)25(33)28(8-2)9-3/h7,10-12,14,16,20-22,29-30H,8-9,13,15H2,1-6H3,(H,26,32)(H,27,31)/b17-7+/t20?,21-,22+/m0/s1. The molecule has 33 heavy (non-hydrogen) atoms. The lowest BCUT2D eigenvalue weighted by molar-refractivity contribution is -0.131. The Balaban J connectivity index is 3.02. The fourth-order valence-corrected chi connectivity index (χ4v) is 3.37. The molecule has 8 nitrogen and oxygen atoms in total. The smallest absolute Gasteiger partial charge is 0.253 e. The molecule has 0 radical (unpaired) electrons. The molecule has 0 bridgehead atoms. The topological polar surface area (TPSA) is 119 Å². The van der Waals surface area contributed by atoms with Crippen molar-refractivity contribution in [2.24, 2.45) is 0 Å². The van der Waals surface area contributed by atoms with Gasteiger partial charge in [0.15, 0.2) is 0 Å². The van der Waals surface area contributed by atoms with Crippen molar-refractivity contribution >= 4 is 17.7 Å². The number of rotatable bonds is 12. The Morgan fingerprint density at radius 2 is 1.67 bits per heavy atom. The molecule has 0 aliphatic rings. The Morgan fingerprint density at radius 3 is 2.21 bits per heavy atom. The molecule has 1 aromatic rings. The maximum atomic E-state index is 13.0. The van der Waals surface area contributed by atoms with Crippen LogP contribution in [0.1, 0.15) is 75.1 Å². The highest BCUT2D eigenvalue weighted by Gasteiger charge is 2.28. The molecule has 1 rings (SSSR count). The van der Waals surface area contributed by atoms with E-state index in [4.69, 9.17) is 0 Å². The molecule has 184 valence electrons. The maximum absolute atomic E-state index is 13.0. The van der Waals surface area contributed by atoms with E-state index in [1.165, 1.54) is 6.07 Å². The van der Waals surface area contributed by atoms with Crippen LogP contribution in [0.2, 0.25) is 0 Å². The van der Waals surface area contributed by atoms with Gasteiger partial charge < -0.3 is 25.7 Å². The van der Waals surface area contributed by atoms with E-state index in [-0.39, 0.29) is 18.4 Å². The number of nitrogens with zero attached hydrogens (tertiary/aromatic N) is 1. The monoisotopic (exact) mass is 461 g/mol.